The Morgan fingerprint density at radius 1 is 0.943 bits per heavy atom. The highest BCUT2D eigenvalue weighted by atomic mass is 35.5. The lowest BCUT2D eigenvalue weighted by atomic mass is 10.0. The molecule has 0 saturated carbocycles. The summed E-state index contributed by atoms with van der Waals surface area (Å²) in [5.41, 5.74) is 5.48. The van der Waals surface area contributed by atoms with Crippen molar-refractivity contribution in [1.29, 1.82) is 0 Å². The number of anilines is 2. The number of nitrogens with zero attached hydrogens (tertiary/aromatic N) is 3. The van der Waals surface area contributed by atoms with Crippen molar-refractivity contribution < 1.29 is 14.3 Å². The average molecular weight is 527 g/mol. The molecule has 1 aliphatic heterocycles. The normalized spacial score (nSPS) is 13.5. The maximum Gasteiger partial charge on any atom is 0.308 e. The first-order valence-electron chi connectivity index (χ1n) is 11.9. The van der Waals surface area contributed by atoms with Gasteiger partial charge < -0.3 is 19.3 Å². The first-order valence-corrected chi connectivity index (χ1v) is 11.9. The number of unbranched alkanes of at least 4 members (excludes halogenated alkanes) is 1. The van der Waals surface area contributed by atoms with Crippen LogP contribution in [-0.2, 0) is 4.79 Å². The Kier molecular flexibility index (Phi) is 12.7. The summed E-state index contributed by atoms with van der Waals surface area (Å²) in [6, 6.07) is 10.8. The van der Waals surface area contributed by atoms with Crippen LogP contribution in [0.3, 0.4) is 0 Å². The van der Waals surface area contributed by atoms with E-state index in [2.05, 4.69) is 53.1 Å². The van der Waals surface area contributed by atoms with Crippen molar-refractivity contribution in [1.82, 2.24) is 4.90 Å². The SMILES string of the molecule is CC(=O)Oc1c(C)cc(OCCCCN2CCN(c3ccc(N(C)C)cc3)CC2)c(C)c1C.Cl.Cl. The van der Waals surface area contributed by atoms with Crippen molar-refractivity contribution in [3.8, 4) is 11.5 Å². The van der Waals surface area contributed by atoms with E-state index < -0.39 is 0 Å². The summed E-state index contributed by atoms with van der Waals surface area (Å²) in [5, 5.41) is 0. The van der Waals surface area contributed by atoms with Crippen molar-refractivity contribution in [2.75, 3.05) is 63.2 Å². The molecule has 8 heteroatoms. The highest BCUT2D eigenvalue weighted by Crippen LogP contribution is 2.33. The number of piperazine rings is 1. The summed E-state index contributed by atoms with van der Waals surface area (Å²) in [6.07, 6.45) is 2.15. The average Bonchev–Trinajstić information content (AvgIpc) is 2.80. The van der Waals surface area contributed by atoms with E-state index >= 15 is 0 Å². The standard InChI is InChI=1S/C27H39N3O3.2ClH/c1-20-19-26(21(2)22(3)27(20)33-23(4)31)32-18-8-7-13-29-14-16-30(17-15-29)25-11-9-24(10-12-25)28(5)6;;/h9-12,19H,7-8,13-18H2,1-6H3;2*1H. The Morgan fingerprint density at radius 2 is 1.57 bits per heavy atom. The van der Waals surface area contributed by atoms with Gasteiger partial charge in [0, 0.05) is 58.6 Å². The van der Waals surface area contributed by atoms with Crippen molar-refractivity contribution in [3.63, 3.8) is 0 Å². The summed E-state index contributed by atoms with van der Waals surface area (Å²) in [5.74, 6) is 1.24. The number of rotatable bonds is 9. The molecule has 0 N–H and O–H groups in total. The fourth-order valence-electron chi connectivity index (χ4n) is 4.28. The van der Waals surface area contributed by atoms with Crippen LogP contribution in [0.2, 0.25) is 0 Å². The molecular weight excluding hydrogens is 485 g/mol. The van der Waals surface area contributed by atoms with Gasteiger partial charge in [0.25, 0.3) is 0 Å². The molecule has 2 aromatic rings. The summed E-state index contributed by atoms with van der Waals surface area (Å²) < 4.78 is 11.4. The lowest BCUT2D eigenvalue weighted by molar-refractivity contribution is -0.131. The topological polar surface area (TPSA) is 45.3 Å². The third kappa shape index (κ3) is 8.48. The van der Waals surface area contributed by atoms with Crippen LogP contribution in [0.4, 0.5) is 11.4 Å². The second kappa shape index (κ2) is 14.4. The van der Waals surface area contributed by atoms with Crippen molar-refractivity contribution >= 4 is 42.2 Å². The molecule has 6 nitrogen and oxygen atoms in total. The first kappa shape index (κ1) is 30.9. The first-order chi connectivity index (χ1) is 15.8. The second-order valence-electron chi connectivity index (χ2n) is 9.16. The molecule has 1 saturated heterocycles. The van der Waals surface area contributed by atoms with Gasteiger partial charge in [-0.1, -0.05) is 0 Å². The van der Waals surface area contributed by atoms with E-state index in [0.29, 0.717) is 12.4 Å². The molecule has 35 heavy (non-hydrogen) atoms. The predicted octanol–water partition coefficient (Wildman–Crippen LogP) is 5.43. The van der Waals surface area contributed by atoms with E-state index in [1.54, 1.807) is 0 Å². The Balaban J connectivity index is 0.00000306. The van der Waals surface area contributed by atoms with Gasteiger partial charge in [0.05, 0.1) is 6.61 Å². The number of ether oxygens (including phenoxy) is 2. The molecule has 0 bridgehead atoms. The molecule has 1 heterocycles. The van der Waals surface area contributed by atoms with E-state index in [4.69, 9.17) is 9.47 Å². The molecule has 196 valence electrons. The Labute approximate surface area is 223 Å². The molecule has 0 spiro atoms. The Bertz CT molecular complexity index is 944. The monoisotopic (exact) mass is 525 g/mol. The summed E-state index contributed by atoms with van der Waals surface area (Å²) in [6.45, 7) is 13.5. The highest BCUT2D eigenvalue weighted by molar-refractivity contribution is 5.85. The molecule has 3 rings (SSSR count). The molecule has 0 amide bonds. The minimum Gasteiger partial charge on any atom is -0.493 e. The predicted molar refractivity (Wildman–Crippen MR) is 151 cm³/mol. The second-order valence-corrected chi connectivity index (χ2v) is 9.16. The number of carbonyl (C=O) groups is 1. The summed E-state index contributed by atoms with van der Waals surface area (Å²) in [4.78, 5) is 18.5. The lowest BCUT2D eigenvalue weighted by Gasteiger charge is -2.36. The Hall–Kier alpha value is -2.15. The van der Waals surface area contributed by atoms with Crippen LogP contribution in [0.5, 0.6) is 11.5 Å². The molecule has 0 aromatic heterocycles. The zero-order chi connectivity index (χ0) is 24.0. The van der Waals surface area contributed by atoms with Crippen LogP contribution in [0.1, 0.15) is 36.5 Å². The van der Waals surface area contributed by atoms with Crippen LogP contribution in [0, 0.1) is 20.8 Å². The Morgan fingerprint density at radius 3 is 2.14 bits per heavy atom. The van der Waals surface area contributed by atoms with Crippen LogP contribution in [-0.4, -0.2) is 64.3 Å². The van der Waals surface area contributed by atoms with Crippen LogP contribution < -0.4 is 19.3 Å². The fourth-order valence-corrected chi connectivity index (χ4v) is 4.28. The number of aryl methyl sites for hydroxylation is 1. The van der Waals surface area contributed by atoms with Gasteiger partial charge in [-0.25, -0.2) is 0 Å². The van der Waals surface area contributed by atoms with E-state index in [9.17, 15) is 4.79 Å². The van der Waals surface area contributed by atoms with E-state index in [1.807, 2.05) is 26.8 Å². The number of hydrogen-bond donors (Lipinski definition) is 0. The summed E-state index contributed by atoms with van der Waals surface area (Å²) >= 11 is 0. The quantitative estimate of drug-likeness (QED) is 0.247. The molecule has 0 aliphatic carbocycles. The third-order valence-electron chi connectivity index (χ3n) is 6.45. The summed E-state index contributed by atoms with van der Waals surface area (Å²) in [7, 11) is 4.15. The molecular formula is C27H41Cl2N3O3. The van der Waals surface area contributed by atoms with Gasteiger partial charge in [-0.2, -0.15) is 0 Å². The van der Waals surface area contributed by atoms with Crippen LogP contribution >= 0.6 is 24.8 Å². The molecule has 2 aromatic carbocycles. The highest BCUT2D eigenvalue weighted by Gasteiger charge is 2.17. The van der Waals surface area contributed by atoms with Gasteiger partial charge in [0.15, 0.2) is 0 Å². The van der Waals surface area contributed by atoms with E-state index in [1.165, 1.54) is 18.3 Å². The van der Waals surface area contributed by atoms with Crippen LogP contribution in [0.15, 0.2) is 30.3 Å². The molecule has 0 atom stereocenters. The zero-order valence-corrected chi connectivity index (χ0v) is 23.6. The minimum atomic E-state index is -0.294. The van der Waals surface area contributed by atoms with Crippen molar-refractivity contribution in [2.24, 2.45) is 0 Å². The minimum absolute atomic E-state index is 0. The molecule has 0 radical (unpaired) electrons. The van der Waals surface area contributed by atoms with Gasteiger partial charge in [-0.3, -0.25) is 9.69 Å². The van der Waals surface area contributed by atoms with Gasteiger partial charge in [0.2, 0.25) is 0 Å². The number of benzene rings is 2. The molecule has 1 fully saturated rings. The molecule has 1 aliphatic rings. The van der Waals surface area contributed by atoms with E-state index in [-0.39, 0.29) is 30.8 Å². The number of esters is 1. The van der Waals surface area contributed by atoms with Crippen molar-refractivity contribution in [3.05, 3.63) is 47.0 Å². The molecule has 0 unspecified atom stereocenters. The van der Waals surface area contributed by atoms with Crippen molar-refractivity contribution in [2.45, 2.75) is 40.5 Å². The fraction of sp³-hybridized carbons (Fsp3) is 0.519. The number of halogens is 2. The van der Waals surface area contributed by atoms with E-state index in [0.717, 1.165) is 68.0 Å². The largest absolute Gasteiger partial charge is 0.493 e. The maximum atomic E-state index is 11.4. The smallest absolute Gasteiger partial charge is 0.308 e. The third-order valence-corrected chi connectivity index (χ3v) is 6.45. The lowest BCUT2D eigenvalue weighted by Crippen LogP contribution is -2.46. The number of carbonyl (C=O) groups excluding carboxylic acids is 1. The van der Waals surface area contributed by atoms with Gasteiger partial charge in [-0.05, 0) is 87.2 Å². The van der Waals surface area contributed by atoms with Crippen LogP contribution in [0.25, 0.3) is 0 Å². The van der Waals surface area contributed by atoms with Gasteiger partial charge in [0.1, 0.15) is 11.5 Å². The maximum absolute atomic E-state index is 11.4. The zero-order valence-electron chi connectivity index (χ0n) is 21.9. The van der Waals surface area contributed by atoms with Gasteiger partial charge in [-0.15, -0.1) is 24.8 Å². The number of hydrogen-bond acceptors (Lipinski definition) is 6. The van der Waals surface area contributed by atoms with Gasteiger partial charge >= 0.3 is 5.97 Å².